The molecular formula is C12H20N4O2S. The molecule has 1 fully saturated rings. The predicted octanol–water partition coefficient (Wildman–Crippen LogP) is 0.293. The van der Waals surface area contributed by atoms with E-state index in [0.29, 0.717) is 12.5 Å². The van der Waals surface area contributed by atoms with Gasteiger partial charge in [0.05, 0.1) is 0 Å². The number of nitrogens with zero attached hydrogens (tertiary/aromatic N) is 2. The molecule has 1 aliphatic rings. The van der Waals surface area contributed by atoms with E-state index >= 15 is 0 Å². The first-order valence-corrected chi connectivity index (χ1v) is 7.93. The van der Waals surface area contributed by atoms with Crippen LogP contribution in [0.2, 0.25) is 0 Å². The minimum Gasteiger partial charge on any atom is -0.352 e. The fourth-order valence-electron chi connectivity index (χ4n) is 2.60. The first-order valence-electron chi connectivity index (χ1n) is 6.39. The molecule has 4 N–H and O–H groups in total. The van der Waals surface area contributed by atoms with Gasteiger partial charge in [-0.15, -0.1) is 0 Å². The van der Waals surface area contributed by atoms with Crippen molar-refractivity contribution in [2.24, 2.45) is 16.8 Å². The van der Waals surface area contributed by atoms with E-state index in [1.807, 2.05) is 0 Å². The van der Waals surface area contributed by atoms with Crippen molar-refractivity contribution in [3.63, 3.8) is 0 Å². The Balaban J connectivity index is 2.26. The van der Waals surface area contributed by atoms with Gasteiger partial charge >= 0.3 is 0 Å². The summed E-state index contributed by atoms with van der Waals surface area (Å²) in [5, 5.41) is 5.06. The summed E-state index contributed by atoms with van der Waals surface area (Å²) in [5.41, 5.74) is 5.84. The fourth-order valence-corrected chi connectivity index (χ4v) is 3.06. The summed E-state index contributed by atoms with van der Waals surface area (Å²) in [5.74, 6) is 1.27. The largest absolute Gasteiger partial charge is 0.352 e. The highest BCUT2D eigenvalue weighted by Crippen LogP contribution is 2.27. The molecule has 1 aromatic heterocycles. The van der Waals surface area contributed by atoms with E-state index in [4.69, 9.17) is 10.9 Å². The minimum atomic E-state index is -3.69. The maximum Gasteiger partial charge on any atom is 0.239 e. The van der Waals surface area contributed by atoms with E-state index in [9.17, 15) is 8.42 Å². The standard InChI is InChI=1S/C12H20N4O2S/c1-9-3-2-6-16(11(9)7-13)12-5-4-10(8-15-12)19(14,17)18/h4-5,8-9,11H,2-3,6-7,13H2,1H3,(H2,14,17,18). The van der Waals surface area contributed by atoms with E-state index in [1.54, 1.807) is 6.07 Å². The second kappa shape index (κ2) is 5.44. The van der Waals surface area contributed by atoms with E-state index in [0.717, 1.165) is 25.2 Å². The molecule has 0 radical (unpaired) electrons. The van der Waals surface area contributed by atoms with E-state index in [1.165, 1.54) is 12.3 Å². The molecule has 2 atom stereocenters. The van der Waals surface area contributed by atoms with Crippen LogP contribution in [0.5, 0.6) is 0 Å². The van der Waals surface area contributed by atoms with Crippen LogP contribution in [-0.2, 0) is 10.0 Å². The SMILES string of the molecule is CC1CCCN(c2ccc(S(N)(=O)=O)cn2)C1CN. The van der Waals surface area contributed by atoms with Gasteiger partial charge in [-0.2, -0.15) is 0 Å². The minimum absolute atomic E-state index is 0.0330. The van der Waals surface area contributed by atoms with Gasteiger partial charge in [-0.1, -0.05) is 6.92 Å². The Bertz CT molecular complexity index is 529. The van der Waals surface area contributed by atoms with Gasteiger partial charge in [-0.25, -0.2) is 18.5 Å². The van der Waals surface area contributed by atoms with Crippen LogP contribution in [0.3, 0.4) is 0 Å². The molecule has 106 valence electrons. The van der Waals surface area contributed by atoms with Crippen molar-refractivity contribution >= 4 is 15.8 Å². The van der Waals surface area contributed by atoms with Gasteiger partial charge in [-0.3, -0.25) is 0 Å². The van der Waals surface area contributed by atoms with Crippen molar-refractivity contribution in [3.05, 3.63) is 18.3 Å². The maximum atomic E-state index is 11.2. The second-order valence-electron chi connectivity index (χ2n) is 5.01. The van der Waals surface area contributed by atoms with Crippen LogP contribution in [0.4, 0.5) is 5.82 Å². The summed E-state index contributed by atoms with van der Waals surface area (Å²) in [6, 6.07) is 3.44. The molecule has 1 aliphatic heterocycles. The molecule has 2 heterocycles. The lowest BCUT2D eigenvalue weighted by molar-refractivity contribution is 0.348. The van der Waals surface area contributed by atoms with Gasteiger partial charge in [0.1, 0.15) is 10.7 Å². The van der Waals surface area contributed by atoms with Gasteiger partial charge in [0.2, 0.25) is 10.0 Å². The Morgan fingerprint density at radius 1 is 1.47 bits per heavy atom. The van der Waals surface area contributed by atoms with E-state index in [-0.39, 0.29) is 10.9 Å². The second-order valence-corrected chi connectivity index (χ2v) is 6.57. The summed E-state index contributed by atoms with van der Waals surface area (Å²) in [6.45, 7) is 3.65. The number of rotatable bonds is 3. The highest BCUT2D eigenvalue weighted by atomic mass is 32.2. The summed E-state index contributed by atoms with van der Waals surface area (Å²) in [6.07, 6.45) is 3.56. The Labute approximate surface area is 113 Å². The molecule has 6 nitrogen and oxygen atoms in total. The molecule has 0 amide bonds. The highest BCUT2D eigenvalue weighted by molar-refractivity contribution is 7.89. The lowest BCUT2D eigenvalue weighted by atomic mass is 9.91. The van der Waals surface area contributed by atoms with Crippen molar-refractivity contribution in [1.29, 1.82) is 0 Å². The quantitative estimate of drug-likeness (QED) is 0.830. The number of aromatic nitrogens is 1. The summed E-state index contributed by atoms with van der Waals surface area (Å²) < 4.78 is 22.4. The monoisotopic (exact) mass is 284 g/mol. The molecule has 0 aromatic carbocycles. The molecule has 0 bridgehead atoms. The van der Waals surface area contributed by atoms with Crippen molar-refractivity contribution in [3.8, 4) is 0 Å². The number of hydrogen-bond acceptors (Lipinski definition) is 5. The van der Waals surface area contributed by atoms with Gasteiger partial charge in [0.15, 0.2) is 0 Å². The van der Waals surface area contributed by atoms with Crippen LogP contribution in [0.25, 0.3) is 0 Å². The number of nitrogens with two attached hydrogens (primary N) is 2. The predicted molar refractivity (Wildman–Crippen MR) is 74.2 cm³/mol. The zero-order valence-corrected chi connectivity index (χ0v) is 11.8. The maximum absolute atomic E-state index is 11.2. The third kappa shape index (κ3) is 3.05. The van der Waals surface area contributed by atoms with Crippen LogP contribution >= 0.6 is 0 Å². The molecule has 2 unspecified atom stereocenters. The van der Waals surface area contributed by atoms with Crippen LogP contribution in [0.1, 0.15) is 19.8 Å². The first-order chi connectivity index (χ1) is 8.93. The van der Waals surface area contributed by atoms with Crippen molar-refractivity contribution in [2.75, 3.05) is 18.0 Å². The fraction of sp³-hybridized carbons (Fsp3) is 0.583. The molecule has 0 spiro atoms. The Hall–Kier alpha value is -1.18. The van der Waals surface area contributed by atoms with Gasteiger partial charge in [0, 0.05) is 25.3 Å². The highest BCUT2D eigenvalue weighted by Gasteiger charge is 2.28. The molecule has 0 aliphatic carbocycles. The van der Waals surface area contributed by atoms with Crippen LogP contribution in [0.15, 0.2) is 23.2 Å². The summed E-state index contributed by atoms with van der Waals surface area (Å²) >= 11 is 0. The van der Waals surface area contributed by atoms with Crippen molar-refractivity contribution < 1.29 is 8.42 Å². The Kier molecular flexibility index (Phi) is 4.07. The number of piperidine rings is 1. The molecule has 7 heteroatoms. The van der Waals surface area contributed by atoms with Crippen molar-refractivity contribution in [2.45, 2.75) is 30.7 Å². The zero-order valence-electron chi connectivity index (χ0n) is 11.0. The summed E-state index contributed by atoms with van der Waals surface area (Å²) in [7, 11) is -3.69. The first kappa shape index (κ1) is 14.2. The molecular weight excluding hydrogens is 264 g/mol. The topological polar surface area (TPSA) is 102 Å². The van der Waals surface area contributed by atoms with Crippen LogP contribution in [-0.4, -0.2) is 32.5 Å². The number of pyridine rings is 1. The van der Waals surface area contributed by atoms with Crippen LogP contribution in [0, 0.1) is 5.92 Å². The average molecular weight is 284 g/mol. The number of hydrogen-bond donors (Lipinski definition) is 2. The lowest BCUT2D eigenvalue weighted by Crippen LogP contribution is -2.49. The third-order valence-electron chi connectivity index (χ3n) is 3.70. The lowest BCUT2D eigenvalue weighted by Gasteiger charge is -2.40. The smallest absolute Gasteiger partial charge is 0.239 e. The number of sulfonamides is 1. The normalized spacial score (nSPS) is 24.5. The average Bonchev–Trinajstić information content (AvgIpc) is 2.37. The van der Waals surface area contributed by atoms with Gasteiger partial charge in [-0.05, 0) is 30.9 Å². The van der Waals surface area contributed by atoms with Gasteiger partial charge in [0.25, 0.3) is 0 Å². The molecule has 1 saturated heterocycles. The summed E-state index contributed by atoms with van der Waals surface area (Å²) in [4.78, 5) is 6.40. The Morgan fingerprint density at radius 3 is 2.74 bits per heavy atom. The molecule has 19 heavy (non-hydrogen) atoms. The number of primary sulfonamides is 1. The number of anilines is 1. The van der Waals surface area contributed by atoms with E-state index < -0.39 is 10.0 Å². The van der Waals surface area contributed by atoms with Gasteiger partial charge < -0.3 is 10.6 Å². The Morgan fingerprint density at radius 2 is 2.21 bits per heavy atom. The third-order valence-corrected chi connectivity index (χ3v) is 4.60. The van der Waals surface area contributed by atoms with Crippen molar-refractivity contribution in [1.82, 2.24) is 4.98 Å². The van der Waals surface area contributed by atoms with E-state index in [2.05, 4.69) is 16.8 Å². The molecule has 0 saturated carbocycles. The molecule has 1 aromatic rings. The van der Waals surface area contributed by atoms with Crippen LogP contribution < -0.4 is 15.8 Å². The zero-order chi connectivity index (χ0) is 14.0. The molecule has 2 rings (SSSR count).